The largest absolute Gasteiger partial charge is 0.337 e. The van der Waals surface area contributed by atoms with Gasteiger partial charge in [0.15, 0.2) is 0 Å². The van der Waals surface area contributed by atoms with Crippen LogP contribution in [-0.2, 0) is 4.79 Å². The third kappa shape index (κ3) is 3.18. The molecule has 0 bridgehead atoms. The molecule has 2 atom stereocenters. The van der Waals surface area contributed by atoms with Crippen LogP contribution in [0.15, 0.2) is 0 Å². The van der Waals surface area contributed by atoms with E-state index in [0.29, 0.717) is 6.04 Å². The van der Waals surface area contributed by atoms with Crippen LogP contribution < -0.4 is 5.73 Å². The monoisotopic (exact) mass is 213 g/mol. The number of hydrogen-bond acceptors (Lipinski definition) is 3. The van der Waals surface area contributed by atoms with Crippen molar-refractivity contribution < 1.29 is 4.79 Å². The number of nitrogens with two attached hydrogens (primary N) is 1. The molecule has 88 valence electrons. The summed E-state index contributed by atoms with van der Waals surface area (Å²) in [6, 6.07) is -0.0237. The Labute approximate surface area is 92.4 Å². The Morgan fingerprint density at radius 1 is 1.67 bits per heavy atom. The highest BCUT2D eigenvalue weighted by Gasteiger charge is 2.27. The van der Waals surface area contributed by atoms with Crippen molar-refractivity contribution in [3.05, 3.63) is 0 Å². The number of rotatable bonds is 3. The number of likely N-dealkylation sites (tertiary alicyclic amines) is 1. The lowest BCUT2D eigenvalue weighted by Gasteiger charge is -2.38. The molecule has 0 aromatic rings. The first-order valence-electron chi connectivity index (χ1n) is 5.80. The average Bonchev–Trinajstić information content (AvgIpc) is 2.18. The molecule has 1 aliphatic heterocycles. The number of carbonyl (C=O) groups is 1. The third-order valence-corrected chi connectivity index (χ3v) is 3.05. The van der Waals surface area contributed by atoms with Crippen LogP contribution in [0.1, 0.15) is 26.7 Å². The summed E-state index contributed by atoms with van der Waals surface area (Å²) >= 11 is 0. The molecule has 1 fully saturated rings. The Balaban J connectivity index is 2.61. The number of carbonyl (C=O) groups excluding carboxylic acids is 1. The van der Waals surface area contributed by atoms with Crippen LogP contribution in [0.4, 0.5) is 0 Å². The van der Waals surface area contributed by atoms with Gasteiger partial charge in [-0.25, -0.2) is 0 Å². The normalized spacial score (nSPS) is 24.9. The van der Waals surface area contributed by atoms with Crippen molar-refractivity contribution in [3.8, 4) is 0 Å². The predicted molar refractivity (Wildman–Crippen MR) is 61.6 cm³/mol. The van der Waals surface area contributed by atoms with E-state index < -0.39 is 0 Å². The van der Waals surface area contributed by atoms with Crippen molar-refractivity contribution in [2.24, 2.45) is 5.73 Å². The predicted octanol–water partition coefficient (Wildman–Crippen LogP) is 0.276. The minimum atomic E-state index is -0.378. The van der Waals surface area contributed by atoms with Crippen molar-refractivity contribution in [2.45, 2.75) is 38.8 Å². The van der Waals surface area contributed by atoms with Crippen LogP contribution in [0, 0.1) is 0 Å². The number of likely N-dealkylation sites (N-methyl/N-ethyl adjacent to an activating group) is 2. The molecule has 0 spiro atoms. The van der Waals surface area contributed by atoms with Gasteiger partial charge in [0.25, 0.3) is 0 Å². The van der Waals surface area contributed by atoms with E-state index in [1.165, 1.54) is 6.42 Å². The van der Waals surface area contributed by atoms with Crippen molar-refractivity contribution in [1.29, 1.82) is 0 Å². The molecule has 1 rings (SSSR count). The Kier molecular flexibility index (Phi) is 4.54. The van der Waals surface area contributed by atoms with Gasteiger partial charge in [-0.1, -0.05) is 0 Å². The van der Waals surface area contributed by atoms with Gasteiger partial charge < -0.3 is 15.5 Å². The Morgan fingerprint density at radius 2 is 2.33 bits per heavy atom. The quantitative estimate of drug-likeness (QED) is 0.732. The fraction of sp³-hybridized carbons (Fsp3) is 0.909. The van der Waals surface area contributed by atoms with E-state index in [1.807, 2.05) is 11.8 Å². The van der Waals surface area contributed by atoms with Crippen molar-refractivity contribution in [2.75, 3.05) is 26.7 Å². The fourth-order valence-electron chi connectivity index (χ4n) is 2.25. The van der Waals surface area contributed by atoms with Gasteiger partial charge in [0.05, 0.1) is 6.04 Å². The molecule has 0 aromatic carbocycles. The molecular formula is C11H23N3O. The zero-order chi connectivity index (χ0) is 11.4. The van der Waals surface area contributed by atoms with Gasteiger partial charge in [0.1, 0.15) is 0 Å². The van der Waals surface area contributed by atoms with Crippen LogP contribution in [0.3, 0.4) is 0 Å². The molecule has 0 radical (unpaired) electrons. The maximum absolute atomic E-state index is 11.9. The summed E-state index contributed by atoms with van der Waals surface area (Å²) < 4.78 is 0. The number of nitrogens with zero attached hydrogens (tertiary/aromatic N) is 2. The average molecular weight is 213 g/mol. The minimum absolute atomic E-state index is 0.0813. The summed E-state index contributed by atoms with van der Waals surface area (Å²) in [6.07, 6.45) is 2.28. The molecule has 0 aromatic heterocycles. The van der Waals surface area contributed by atoms with E-state index in [2.05, 4.69) is 11.9 Å². The van der Waals surface area contributed by atoms with Gasteiger partial charge in [-0.15, -0.1) is 0 Å². The second kappa shape index (κ2) is 5.47. The number of hydrogen-bond donors (Lipinski definition) is 1. The van der Waals surface area contributed by atoms with E-state index in [0.717, 1.165) is 26.1 Å². The first kappa shape index (κ1) is 12.5. The smallest absolute Gasteiger partial charge is 0.239 e. The summed E-state index contributed by atoms with van der Waals surface area (Å²) in [6.45, 7) is 6.66. The molecule has 0 saturated carbocycles. The van der Waals surface area contributed by atoms with Gasteiger partial charge in [0, 0.05) is 19.1 Å². The second-order valence-electron chi connectivity index (χ2n) is 4.47. The van der Waals surface area contributed by atoms with E-state index in [1.54, 1.807) is 6.92 Å². The van der Waals surface area contributed by atoms with E-state index in [-0.39, 0.29) is 11.9 Å². The van der Waals surface area contributed by atoms with Crippen molar-refractivity contribution >= 4 is 5.91 Å². The third-order valence-electron chi connectivity index (χ3n) is 3.05. The SMILES string of the molecule is CCN(C(=O)C(C)N)[C@H]1CCCN(C)C1. The molecular weight excluding hydrogens is 190 g/mol. The fourth-order valence-corrected chi connectivity index (χ4v) is 2.25. The summed E-state index contributed by atoms with van der Waals surface area (Å²) in [5.74, 6) is 0.0813. The van der Waals surface area contributed by atoms with E-state index >= 15 is 0 Å². The second-order valence-corrected chi connectivity index (χ2v) is 4.47. The number of amides is 1. The van der Waals surface area contributed by atoms with Crippen molar-refractivity contribution in [3.63, 3.8) is 0 Å². The topological polar surface area (TPSA) is 49.6 Å². The van der Waals surface area contributed by atoms with Crippen molar-refractivity contribution in [1.82, 2.24) is 9.80 Å². The van der Waals surface area contributed by atoms with Gasteiger partial charge in [-0.2, -0.15) is 0 Å². The maximum Gasteiger partial charge on any atom is 0.239 e. The summed E-state index contributed by atoms with van der Waals surface area (Å²) in [7, 11) is 2.11. The lowest BCUT2D eigenvalue weighted by Crippen LogP contribution is -2.52. The van der Waals surface area contributed by atoms with E-state index in [9.17, 15) is 4.79 Å². The van der Waals surface area contributed by atoms with Gasteiger partial charge in [-0.05, 0) is 40.3 Å². The summed E-state index contributed by atoms with van der Waals surface area (Å²) in [5.41, 5.74) is 5.65. The minimum Gasteiger partial charge on any atom is -0.337 e. The summed E-state index contributed by atoms with van der Waals surface area (Å²) in [5, 5.41) is 0. The van der Waals surface area contributed by atoms with Crippen LogP contribution in [0.2, 0.25) is 0 Å². The molecule has 0 aliphatic carbocycles. The molecule has 4 nitrogen and oxygen atoms in total. The zero-order valence-corrected chi connectivity index (χ0v) is 10.1. The first-order valence-corrected chi connectivity index (χ1v) is 5.80. The van der Waals surface area contributed by atoms with Crippen LogP contribution in [0.25, 0.3) is 0 Å². The lowest BCUT2D eigenvalue weighted by atomic mass is 10.0. The van der Waals surface area contributed by atoms with Gasteiger partial charge >= 0.3 is 0 Å². The zero-order valence-electron chi connectivity index (χ0n) is 10.1. The van der Waals surface area contributed by atoms with Crippen LogP contribution >= 0.6 is 0 Å². The molecule has 15 heavy (non-hydrogen) atoms. The highest BCUT2D eigenvalue weighted by atomic mass is 16.2. The molecule has 4 heteroatoms. The van der Waals surface area contributed by atoms with E-state index in [4.69, 9.17) is 5.73 Å². The highest BCUT2D eigenvalue weighted by molar-refractivity contribution is 5.81. The Hall–Kier alpha value is -0.610. The lowest BCUT2D eigenvalue weighted by molar-refractivity contribution is -0.135. The molecule has 1 unspecified atom stereocenters. The van der Waals surface area contributed by atoms with Crippen LogP contribution in [0.5, 0.6) is 0 Å². The molecule has 1 aliphatic rings. The van der Waals surface area contributed by atoms with Gasteiger partial charge in [-0.3, -0.25) is 4.79 Å². The first-order chi connectivity index (χ1) is 7.06. The Morgan fingerprint density at radius 3 is 2.80 bits per heavy atom. The summed E-state index contributed by atoms with van der Waals surface area (Å²) in [4.78, 5) is 16.1. The highest BCUT2D eigenvalue weighted by Crippen LogP contribution is 2.15. The standard InChI is InChI=1S/C11H23N3O/c1-4-14(11(15)9(2)12)10-6-5-7-13(3)8-10/h9-10H,4-8,12H2,1-3H3/t9?,10-/m0/s1. The van der Waals surface area contributed by atoms with Crippen LogP contribution in [-0.4, -0.2) is 54.5 Å². The molecule has 1 amide bonds. The molecule has 2 N–H and O–H groups in total. The molecule has 1 saturated heterocycles. The molecule has 1 heterocycles. The Bertz CT molecular complexity index is 218. The maximum atomic E-state index is 11.9. The van der Waals surface area contributed by atoms with Gasteiger partial charge in [0.2, 0.25) is 5.91 Å². The number of piperidine rings is 1.